The van der Waals surface area contributed by atoms with Crippen LogP contribution in [-0.4, -0.2) is 35.2 Å². The Kier molecular flexibility index (Phi) is 8.28. The van der Waals surface area contributed by atoms with E-state index in [-0.39, 0.29) is 18.2 Å². The van der Waals surface area contributed by atoms with Crippen LogP contribution in [0.3, 0.4) is 0 Å². The molecule has 1 aliphatic heterocycles. The predicted molar refractivity (Wildman–Crippen MR) is 87.0 cm³/mol. The van der Waals surface area contributed by atoms with Crippen molar-refractivity contribution >= 4 is 16.8 Å². The van der Waals surface area contributed by atoms with Crippen molar-refractivity contribution in [3.05, 3.63) is 23.1 Å². The van der Waals surface area contributed by atoms with Gasteiger partial charge < -0.3 is 9.47 Å². The third kappa shape index (κ3) is 6.76. The average molecular weight is 320 g/mol. The zero-order valence-electron chi connectivity index (χ0n) is 13.0. The third-order valence-corrected chi connectivity index (χ3v) is 3.80. The van der Waals surface area contributed by atoms with Crippen LogP contribution >= 0.6 is 0 Å². The SMILES string of the molecule is CC#CC#CC=C(C=CC1OCCCC1OC(C)=O)S(C)=O. The Balaban J connectivity index is 2.83. The van der Waals surface area contributed by atoms with Crippen LogP contribution in [0.15, 0.2) is 23.1 Å². The number of ether oxygens (including phenoxy) is 2. The fourth-order valence-electron chi connectivity index (χ4n) is 1.92. The van der Waals surface area contributed by atoms with Crippen molar-refractivity contribution in [3.63, 3.8) is 0 Å². The summed E-state index contributed by atoms with van der Waals surface area (Å²) in [7, 11) is -1.17. The van der Waals surface area contributed by atoms with Crippen molar-refractivity contribution in [2.45, 2.75) is 38.9 Å². The molecule has 1 rings (SSSR count). The van der Waals surface area contributed by atoms with Gasteiger partial charge in [-0.05, 0) is 37.7 Å². The van der Waals surface area contributed by atoms with Gasteiger partial charge in [-0.25, -0.2) is 0 Å². The van der Waals surface area contributed by atoms with Crippen molar-refractivity contribution in [3.8, 4) is 23.7 Å². The molecule has 1 fully saturated rings. The van der Waals surface area contributed by atoms with Crippen molar-refractivity contribution < 1.29 is 18.5 Å². The second kappa shape index (κ2) is 10.00. The molecule has 0 amide bonds. The van der Waals surface area contributed by atoms with E-state index in [1.165, 1.54) is 6.92 Å². The molecular weight excluding hydrogens is 300 g/mol. The van der Waals surface area contributed by atoms with E-state index in [2.05, 4.69) is 23.7 Å². The van der Waals surface area contributed by atoms with Gasteiger partial charge in [0.05, 0.1) is 10.8 Å². The molecule has 118 valence electrons. The van der Waals surface area contributed by atoms with Gasteiger partial charge in [-0.3, -0.25) is 9.00 Å². The Morgan fingerprint density at radius 2 is 2.18 bits per heavy atom. The number of hydrogen-bond acceptors (Lipinski definition) is 4. The Bertz CT molecular complexity index is 596. The Morgan fingerprint density at radius 3 is 2.82 bits per heavy atom. The minimum atomic E-state index is -1.17. The molecule has 0 N–H and O–H groups in total. The number of hydrogen-bond donors (Lipinski definition) is 0. The molecule has 1 saturated heterocycles. The maximum absolute atomic E-state index is 11.7. The van der Waals surface area contributed by atoms with Gasteiger partial charge >= 0.3 is 5.97 Å². The molecule has 3 atom stereocenters. The van der Waals surface area contributed by atoms with Crippen molar-refractivity contribution in [1.29, 1.82) is 0 Å². The maximum atomic E-state index is 11.7. The average Bonchev–Trinajstić information content (AvgIpc) is 2.47. The van der Waals surface area contributed by atoms with E-state index in [1.54, 1.807) is 31.4 Å². The lowest BCUT2D eigenvalue weighted by Crippen LogP contribution is -2.36. The summed E-state index contributed by atoms with van der Waals surface area (Å²) in [6.45, 7) is 3.70. The highest BCUT2D eigenvalue weighted by atomic mass is 32.2. The van der Waals surface area contributed by atoms with Gasteiger partial charge in [0.2, 0.25) is 0 Å². The summed E-state index contributed by atoms with van der Waals surface area (Å²) in [6.07, 6.45) is 7.61. The zero-order valence-corrected chi connectivity index (χ0v) is 13.9. The molecule has 0 aromatic heterocycles. The molecule has 0 aromatic carbocycles. The standard InChI is InChI=1S/C17H20O4S/c1-4-5-6-7-9-15(22(3)19)11-12-16-17(21-14(2)18)10-8-13-20-16/h9,11-12,16-17H,8,10,13H2,1-3H3. The van der Waals surface area contributed by atoms with Crippen molar-refractivity contribution in [1.82, 2.24) is 0 Å². The van der Waals surface area contributed by atoms with Crippen LogP contribution in [-0.2, 0) is 25.1 Å². The van der Waals surface area contributed by atoms with Gasteiger partial charge in [0.1, 0.15) is 12.2 Å². The molecule has 3 unspecified atom stereocenters. The second-order valence-corrected chi connectivity index (χ2v) is 6.01. The first kappa shape index (κ1) is 18.2. The van der Waals surface area contributed by atoms with Crippen LogP contribution in [0.5, 0.6) is 0 Å². The van der Waals surface area contributed by atoms with Gasteiger partial charge in [0.25, 0.3) is 0 Å². The first-order valence-electron chi connectivity index (χ1n) is 6.97. The number of allylic oxidation sites excluding steroid dienone is 2. The molecule has 0 aromatic rings. The number of esters is 1. The first-order valence-corrected chi connectivity index (χ1v) is 8.53. The summed E-state index contributed by atoms with van der Waals surface area (Å²) >= 11 is 0. The van der Waals surface area contributed by atoms with Crippen LogP contribution in [0.25, 0.3) is 0 Å². The predicted octanol–water partition coefficient (Wildman–Crippen LogP) is 1.94. The van der Waals surface area contributed by atoms with Gasteiger partial charge in [-0.15, -0.1) is 0 Å². The summed E-state index contributed by atoms with van der Waals surface area (Å²) in [5.41, 5.74) is 0. The van der Waals surface area contributed by atoms with Crippen LogP contribution in [0.2, 0.25) is 0 Å². The fourth-order valence-corrected chi connectivity index (χ4v) is 2.41. The van der Waals surface area contributed by atoms with Crippen LogP contribution in [0.1, 0.15) is 26.7 Å². The van der Waals surface area contributed by atoms with Crippen LogP contribution < -0.4 is 0 Å². The summed E-state index contributed by atoms with van der Waals surface area (Å²) in [6, 6.07) is 0. The van der Waals surface area contributed by atoms with E-state index in [1.807, 2.05) is 0 Å². The van der Waals surface area contributed by atoms with Crippen molar-refractivity contribution in [2.24, 2.45) is 0 Å². The van der Waals surface area contributed by atoms with Crippen LogP contribution in [0, 0.1) is 23.7 Å². The molecule has 1 heterocycles. The smallest absolute Gasteiger partial charge is 0.303 e. The topological polar surface area (TPSA) is 52.6 Å². The molecule has 1 aliphatic rings. The first-order chi connectivity index (χ1) is 10.5. The summed E-state index contributed by atoms with van der Waals surface area (Å²) in [5.74, 6) is 10.3. The molecule has 22 heavy (non-hydrogen) atoms. The quantitative estimate of drug-likeness (QED) is 0.451. The minimum absolute atomic E-state index is 0.300. The molecular formula is C17H20O4S. The zero-order chi connectivity index (χ0) is 16.4. The lowest BCUT2D eigenvalue weighted by Gasteiger charge is -2.29. The number of carbonyl (C=O) groups excluding carboxylic acids is 1. The van der Waals surface area contributed by atoms with Gasteiger partial charge in [-0.2, -0.15) is 0 Å². The Hall–Kier alpha value is -1.82. The van der Waals surface area contributed by atoms with Gasteiger partial charge in [0.15, 0.2) is 0 Å². The highest BCUT2D eigenvalue weighted by molar-refractivity contribution is 7.88. The van der Waals surface area contributed by atoms with Gasteiger partial charge in [0, 0.05) is 30.8 Å². The maximum Gasteiger partial charge on any atom is 0.303 e. The van der Waals surface area contributed by atoms with Crippen molar-refractivity contribution in [2.75, 3.05) is 12.9 Å². The molecule has 0 bridgehead atoms. The fraction of sp³-hybridized carbons (Fsp3) is 0.471. The Labute approximate surface area is 134 Å². The van der Waals surface area contributed by atoms with E-state index in [4.69, 9.17) is 9.47 Å². The molecule has 0 spiro atoms. The molecule has 0 aliphatic carbocycles. The number of rotatable bonds is 4. The summed E-state index contributed by atoms with van der Waals surface area (Å²) in [5, 5.41) is 0. The van der Waals surface area contributed by atoms with Crippen LogP contribution in [0.4, 0.5) is 0 Å². The van der Waals surface area contributed by atoms with E-state index >= 15 is 0 Å². The normalized spacial score (nSPS) is 23.0. The molecule has 0 saturated carbocycles. The molecule has 4 nitrogen and oxygen atoms in total. The lowest BCUT2D eigenvalue weighted by molar-refractivity contribution is -0.157. The lowest BCUT2D eigenvalue weighted by atomic mass is 10.0. The third-order valence-electron chi connectivity index (χ3n) is 2.88. The van der Waals surface area contributed by atoms with E-state index in [0.717, 1.165) is 12.8 Å². The highest BCUT2D eigenvalue weighted by Crippen LogP contribution is 2.19. The monoisotopic (exact) mass is 320 g/mol. The minimum Gasteiger partial charge on any atom is -0.459 e. The Morgan fingerprint density at radius 1 is 1.41 bits per heavy atom. The van der Waals surface area contributed by atoms with Gasteiger partial charge in [-0.1, -0.05) is 17.9 Å². The summed E-state index contributed by atoms with van der Waals surface area (Å²) < 4.78 is 22.6. The largest absolute Gasteiger partial charge is 0.459 e. The molecule has 0 radical (unpaired) electrons. The summed E-state index contributed by atoms with van der Waals surface area (Å²) in [4.78, 5) is 11.7. The van der Waals surface area contributed by atoms with E-state index in [0.29, 0.717) is 11.5 Å². The molecule has 5 heteroatoms. The highest BCUT2D eigenvalue weighted by Gasteiger charge is 2.26. The second-order valence-electron chi connectivity index (χ2n) is 4.63. The van der Waals surface area contributed by atoms with E-state index in [9.17, 15) is 9.00 Å². The number of carbonyl (C=O) groups is 1. The van der Waals surface area contributed by atoms with E-state index < -0.39 is 10.8 Å².